The highest BCUT2D eigenvalue weighted by atomic mass is 16.6. The average molecular weight is 409 g/mol. The van der Waals surface area contributed by atoms with Crippen LogP contribution in [0.3, 0.4) is 0 Å². The van der Waals surface area contributed by atoms with Crippen LogP contribution in [0.25, 0.3) is 11.3 Å². The van der Waals surface area contributed by atoms with Crippen molar-refractivity contribution in [2.45, 2.75) is 30.6 Å². The summed E-state index contributed by atoms with van der Waals surface area (Å²) in [6, 6.07) is 8.44. The molecule has 1 amide bonds. The minimum atomic E-state index is -1.59. The summed E-state index contributed by atoms with van der Waals surface area (Å²) in [4.78, 5) is 22.4. The van der Waals surface area contributed by atoms with Crippen LogP contribution in [0.5, 0.6) is 0 Å². The Labute approximate surface area is 163 Å². The maximum atomic E-state index is 12.2. The number of carbonyl (C=O) groups is 1. The predicted molar refractivity (Wildman–Crippen MR) is 95.2 cm³/mol. The van der Waals surface area contributed by atoms with E-state index in [0.29, 0.717) is 11.3 Å². The van der Waals surface area contributed by atoms with Gasteiger partial charge in [-0.05, 0) is 24.3 Å². The van der Waals surface area contributed by atoms with Gasteiger partial charge in [-0.2, -0.15) is 0 Å². The Morgan fingerprint density at radius 2 is 1.76 bits per heavy atom. The van der Waals surface area contributed by atoms with Gasteiger partial charge in [-0.1, -0.05) is 0 Å². The first-order valence-corrected chi connectivity index (χ1v) is 8.53. The van der Waals surface area contributed by atoms with Gasteiger partial charge in [0.1, 0.15) is 30.2 Å². The van der Waals surface area contributed by atoms with Gasteiger partial charge in [0.2, 0.25) is 0 Å². The van der Waals surface area contributed by atoms with E-state index in [0.717, 1.165) is 0 Å². The third-order valence-electron chi connectivity index (χ3n) is 4.41. The molecule has 0 aliphatic carbocycles. The summed E-state index contributed by atoms with van der Waals surface area (Å²) in [6.07, 6.45) is -7.09. The van der Waals surface area contributed by atoms with Crippen molar-refractivity contribution in [2.24, 2.45) is 0 Å². The van der Waals surface area contributed by atoms with E-state index in [2.05, 4.69) is 10.9 Å². The van der Waals surface area contributed by atoms with Gasteiger partial charge in [-0.3, -0.25) is 20.3 Å². The Morgan fingerprint density at radius 1 is 1.07 bits per heavy atom. The van der Waals surface area contributed by atoms with Crippen LogP contribution in [0.2, 0.25) is 0 Å². The number of hydrogen-bond donors (Lipinski definition) is 6. The van der Waals surface area contributed by atoms with Crippen LogP contribution in [0, 0.1) is 10.1 Å². The lowest BCUT2D eigenvalue weighted by Gasteiger charge is -2.40. The molecule has 29 heavy (non-hydrogen) atoms. The molecule has 0 unspecified atom stereocenters. The smallest absolute Gasteiger partial charge is 0.301 e. The van der Waals surface area contributed by atoms with E-state index in [-0.39, 0.29) is 11.4 Å². The second kappa shape index (κ2) is 8.65. The SMILES string of the molecule is O=C(NN[C@@H]1O[C@H](CO)[C@@H](O)[C@H](O)[C@H]1O)c1ccc(-c2ccc([N+](=O)[O-])cc2)o1. The fourth-order valence-electron chi connectivity index (χ4n) is 2.78. The molecule has 1 saturated heterocycles. The summed E-state index contributed by atoms with van der Waals surface area (Å²) in [5.74, 6) is -0.525. The lowest BCUT2D eigenvalue weighted by molar-refractivity contribution is -0.384. The van der Waals surface area contributed by atoms with Crippen LogP contribution in [-0.4, -0.2) is 68.5 Å². The van der Waals surface area contributed by atoms with E-state index in [1.807, 2.05) is 0 Å². The zero-order chi connectivity index (χ0) is 21.1. The first-order valence-electron chi connectivity index (χ1n) is 8.53. The molecule has 0 bridgehead atoms. The Bertz CT molecular complexity index is 867. The van der Waals surface area contributed by atoms with Crippen molar-refractivity contribution in [1.82, 2.24) is 10.9 Å². The van der Waals surface area contributed by atoms with Gasteiger partial charge >= 0.3 is 5.91 Å². The molecule has 0 radical (unpaired) electrons. The number of hydrazine groups is 1. The Morgan fingerprint density at radius 3 is 2.38 bits per heavy atom. The van der Waals surface area contributed by atoms with Crippen LogP contribution in [0.1, 0.15) is 10.6 Å². The lowest BCUT2D eigenvalue weighted by Crippen LogP contribution is -2.64. The number of hydrogen-bond acceptors (Lipinski definition) is 10. The second-order valence-electron chi connectivity index (χ2n) is 6.32. The normalized spacial score (nSPS) is 26.8. The van der Waals surface area contributed by atoms with Crippen molar-refractivity contribution in [3.8, 4) is 11.3 Å². The Kier molecular flexibility index (Phi) is 6.22. The van der Waals surface area contributed by atoms with Crippen LogP contribution in [0.4, 0.5) is 5.69 Å². The fourth-order valence-corrected chi connectivity index (χ4v) is 2.78. The molecule has 12 heteroatoms. The molecule has 2 heterocycles. The fraction of sp³-hybridized carbons (Fsp3) is 0.353. The Hall–Kier alpha value is -2.87. The minimum absolute atomic E-state index is 0.0815. The van der Waals surface area contributed by atoms with Crippen LogP contribution in [0.15, 0.2) is 40.8 Å². The number of benzene rings is 1. The van der Waals surface area contributed by atoms with E-state index >= 15 is 0 Å². The third kappa shape index (κ3) is 4.42. The van der Waals surface area contributed by atoms with E-state index in [4.69, 9.17) is 14.3 Å². The number of non-ortho nitro benzene ring substituents is 1. The molecule has 156 valence electrons. The summed E-state index contributed by atoms with van der Waals surface area (Å²) in [5, 5.41) is 49.2. The quantitative estimate of drug-likeness (QED) is 0.252. The van der Waals surface area contributed by atoms with Crippen molar-refractivity contribution in [1.29, 1.82) is 0 Å². The zero-order valence-electron chi connectivity index (χ0n) is 14.8. The highest BCUT2D eigenvalue weighted by molar-refractivity contribution is 5.91. The number of nitro benzene ring substituents is 1. The van der Waals surface area contributed by atoms with Gasteiger partial charge in [-0.25, -0.2) is 5.43 Å². The first-order chi connectivity index (χ1) is 13.8. The molecule has 1 aromatic carbocycles. The van der Waals surface area contributed by atoms with Gasteiger partial charge in [0.25, 0.3) is 5.69 Å². The third-order valence-corrected chi connectivity index (χ3v) is 4.41. The number of carbonyl (C=O) groups excluding carboxylic acids is 1. The number of nitrogens with one attached hydrogen (secondary N) is 2. The molecule has 6 N–H and O–H groups in total. The topological polar surface area (TPSA) is 188 Å². The Balaban J connectivity index is 1.62. The van der Waals surface area contributed by atoms with Crippen molar-refractivity contribution in [2.75, 3.05) is 6.61 Å². The maximum Gasteiger partial charge on any atom is 0.301 e. The number of furan rings is 1. The number of aliphatic hydroxyl groups excluding tert-OH is 4. The molecule has 1 fully saturated rings. The van der Waals surface area contributed by atoms with Crippen LogP contribution < -0.4 is 10.9 Å². The molecule has 3 rings (SSSR count). The highest BCUT2D eigenvalue weighted by Gasteiger charge is 2.43. The van der Waals surface area contributed by atoms with Crippen LogP contribution >= 0.6 is 0 Å². The van der Waals surface area contributed by atoms with E-state index < -0.39 is 48.1 Å². The van der Waals surface area contributed by atoms with Crippen molar-refractivity contribution < 1.29 is 39.3 Å². The molecular formula is C17H19N3O9. The van der Waals surface area contributed by atoms with Gasteiger partial charge < -0.3 is 29.6 Å². The standard InChI is InChI=1S/C17H19N3O9/c21-7-12-13(22)14(23)15(24)17(29-12)19-18-16(25)11-6-5-10(28-11)8-1-3-9(4-2-8)20(26)27/h1-6,12-15,17,19,21-24H,7H2,(H,18,25)/t12-,13-,14+,15-,17-/m1/s1. The molecule has 2 aromatic rings. The molecule has 5 atom stereocenters. The number of amides is 1. The molecule has 1 aliphatic rings. The van der Waals surface area contributed by atoms with Gasteiger partial charge in [0.15, 0.2) is 12.0 Å². The molecule has 0 saturated carbocycles. The molecule has 12 nitrogen and oxygen atoms in total. The molecule has 1 aromatic heterocycles. The zero-order valence-corrected chi connectivity index (χ0v) is 14.8. The largest absolute Gasteiger partial charge is 0.451 e. The summed E-state index contributed by atoms with van der Waals surface area (Å²) >= 11 is 0. The number of aliphatic hydroxyl groups is 4. The van der Waals surface area contributed by atoms with E-state index in [1.54, 1.807) is 0 Å². The van der Waals surface area contributed by atoms with E-state index in [1.165, 1.54) is 36.4 Å². The summed E-state index contributed by atoms with van der Waals surface area (Å²) in [6.45, 7) is -0.603. The maximum absolute atomic E-state index is 12.2. The lowest BCUT2D eigenvalue weighted by atomic mass is 9.99. The second-order valence-corrected chi connectivity index (χ2v) is 6.32. The van der Waals surface area contributed by atoms with Gasteiger partial charge in [0, 0.05) is 17.7 Å². The number of ether oxygens (including phenoxy) is 1. The predicted octanol–water partition coefficient (Wildman–Crippen LogP) is -1.11. The van der Waals surface area contributed by atoms with Crippen molar-refractivity contribution >= 4 is 11.6 Å². The number of rotatable bonds is 6. The van der Waals surface area contributed by atoms with Crippen LogP contribution in [-0.2, 0) is 4.74 Å². The molecular weight excluding hydrogens is 390 g/mol. The first kappa shape index (κ1) is 20.9. The van der Waals surface area contributed by atoms with Crippen molar-refractivity contribution in [3.63, 3.8) is 0 Å². The minimum Gasteiger partial charge on any atom is -0.451 e. The number of nitrogens with zero attached hydrogens (tertiary/aromatic N) is 1. The molecule has 0 spiro atoms. The van der Waals surface area contributed by atoms with Crippen molar-refractivity contribution in [3.05, 3.63) is 52.3 Å². The van der Waals surface area contributed by atoms with E-state index in [9.17, 15) is 30.2 Å². The average Bonchev–Trinajstić information content (AvgIpc) is 3.22. The molecule has 1 aliphatic heterocycles. The summed E-state index contributed by atoms with van der Waals surface area (Å²) in [7, 11) is 0. The summed E-state index contributed by atoms with van der Waals surface area (Å²) in [5.41, 5.74) is 5.04. The van der Waals surface area contributed by atoms with Gasteiger partial charge in [-0.15, -0.1) is 0 Å². The van der Waals surface area contributed by atoms with Gasteiger partial charge in [0.05, 0.1) is 11.5 Å². The monoisotopic (exact) mass is 409 g/mol. The summed E-state index contributed by atoms with van der Waals surface area (Å²) < 4.78 is 10.6. The highest BCUT2D eigenvalue weighted by Crippen LogP contribution is 2.24. The number of nitro groups is 1.